The molecule has 0 spiro atoms. The van der Waals surface area contributed by atoms with Crippen molar-refractivity contribution >= 4 is 27.4 Å². The second-order valence-corrected chi connectivity index (χ2v) is 7.48. The fourth-order valence-electron chi connectivity index (χ4n) is 1.57. The first-order valence-electron chi connectivity index (χ1n) is 8.86. The van der Waals surface area contributed by atoms with Crippen LogP contribution < -0.4 is 51.4 Å². The predicted octanol–water partition coefficient (Wildman–Crippen LogP) is -1.10. The van der Waals surface area contributed by atoms with Gasteiger partial charge in [0.15, 0.2) is 0 Å². The van der Waals surface area contributed by atoms with Gasteiger partial charge >= 0.3 is 63.3 Å². The van der Waals surface area contributed by atoms with Gasteiger partial charge in [-0.1, -0.05) is 41.5 Å². The van der Waals surface area contributed by atoms with E-state index in [9.17, 15) is 9.59 Å². The number of rotatable bonds is 5. The molecule has 0 aliphatic heterocycles. The molecule has 0 rings (SSSR count). The summed E-state index contributed by atoms with van der Waals surface area (Å²) in [5.41, 5.74) is -0.595. The molecule has 0 saturated heterocycles. The molecule has 2 atom stereocenters. The van der Waals surface area contributed by atoms with Gasteiger partial charge in [-0.25, -0.2) is 4.89 Å². The van der Waals surface area contributed by atoms with Crippen LogP contribution in [0, 0.1) is 22.7 Å². The van der Waals surface area contributed by atoms with Gasteiger partial charge in [0, 0.05) is 15.5 Å². The van der Waals surface area contributed by atoms with Crippen molar-refractivity contribution in [1.82, 2.24) is 0 Å². The summed E-state index contributed by atoms with van der Waals surface area (Å²) in [5, 5.41) is 33.4. The average molecular weight is 474 g/mol. The Morgan fingerprint density at radius 2 is 1.19 bits per heavy atom. The Morgan fingerprint density at radius 3 is 1.23 bits per heavy atom. The number of carboxylic acid groups (broad SMARTS) is 1. The number of esters is 1. The van der Waals surface area contributed by atoms with Gasteiger partial charge in [0.2, 0.25) is 0 Å². The van der Waals surface area contributed by atoms with Gasteiger partial charge in [0.25, 0.3) is 0 Å². The number of aliphatic hydroxyl groups is 2. The van der Waals surface area contributed by atoms with Gasteiger partial charge in [-0.05, 0) is 17.8 Å². The molecule has 9 nitrogen and oxygen atoms in total. The van der Waals surface area contributed by atoms with Crippen molar-refractivity contribution in [2.45, 2.75) is 48.5 Å². The minimum absolute atomic E-state index is 0. The molecular formula is C19H41B2KO9. The number of aliphatic carboxylic acids is 1. The van der Waals surface area contributed by atoms with Crippen LogP contribution in [0.15, 0.2) is 13.2 Å². The number of hydrogen-bond acceptors (Lipinski definition) is 8. The minimum Gasteiger partial charge on any atom is -0.870 e. The Bertz CT molecular complexity index is 386. The summed E-state index contributed by atoms with van der Waals surface area (Å²) in [4.78, 5) is 25.0. The molecule has 0 aliphatic carbocycles. The molecule has 5 N–H and O–H groups in total. The molecule has 0 aromatic heterocycles. The predicted molar refractivity (Wildman–Crippen MR) is 119 cm³/mol. The summed E-state index contributed by atoms with van der Waals surface area (Å²) in [5.74, 6) is -2.37. The monoisotopic (exact) mass is 474 g/mol. The van der Waals surface area contributed by atoms with Gasteiger partial charge in [-0.2, -0.15) is 0 Å². The number of carbonyl (C=O) groups excluding carboxylic acids is 1. The SMILES string of the molecule is C=C.CC(C)(C)C(CO)C(=O)O.CCOO.COC(=O)C(CO)C(C)(C)C.[B][B].[K+].[OH-]. The van der Waals surface area contributed by atoms with E-state index in [1.807, 2.05) is 20.8 Å². The zero-order chi connectivity index (χ0) is 24.8. The summed E-state index contributed by atoms with van der Waals surface area (Å²) < 4.78 is 4.53. The normalized spacial score (nSPS) is 11.1. The number of methoxy groups -OCH3 is 1. The van der Waals surface area contributed by atoms with E-state index in [2.05, 4.69) is 38.3 Å². The maximum absolute atomic E-state index is 11.0. The molecule has 0 aromatic carbocycles. The second kappa shape index (κ2) is 30.2. The third kappa shape index (κ3) is 32.5. The summed E-state index contributed by atoms with van der Waals surface area (Å²) in [6.07, 6.45) is 0. The van der Waals surface area contributed by atoms with Crippen LogP contribution in [0.5, 0.6) is 0 Å². The Morgan fingerprint density at radius 1 is 0.935 bits per heavy atom. The van der Waals surface area contributed by atoms with Gasteiger partial charge in [0.05, 0.1) is 38.8 Å². The molecule has 2 unspecified atom stereocenters. The van der Waals surface area contributed by atoms with E-state index >= 15 is 0 Å². The summed E-state index contributed by atoms with van der Waals surface area (Å²) in [7, 11) is 9.33. The van der Waals surface area contributed by atoms with Crippen molar-refractivity contribution in [3.63, 3.8) is 0 Å². The minimum atomic E-state index is -0.935. The van der Waals surface area contributed by atoms with Crippen LogP contribution in [-0.4, -0.2) is 80.4 Å². The molecule has 0 aromatic rings. The Kier molecular flexibility index (Phi) is 47.4. The van der Waals surface area contributed by atoms with E-state index in [-0.39, 0.29) is 86.9 Å². The second-order valence-electron chi connectivity index (χ2n) is 7.48. The Hall–Kier alpha value is 0.246. The third-order valence-electron chi connectivity index (χ3n) is 3.37. The van der Waals surface area contributed by atoms with Crippen LogP contribution >= 0.6 is 0 Å². The van der Waals surface area contributed by atoms with E-state index in [4.69, 9.17) is 20.6 Å². The van der Waals surface area contributed by atoms with Gasteiger partial charge in [0.1, 0.15) is 0 Å². The van der Waals surface area contributed by atoms with Crippen LogP contribution in [0.4, 0.5) is 0 Å². The van der Waals surface area contributed by atoms with Crippen LogP contribution in [0.3, 0.4) is 0 Å². The standard InChI is InChI=1S/C8H16O3.C7H14O3.C2H6O2.C2H4.B2.K.H2O/c1-8(2,3)6(5-9)7(10)11-4;1-7(2,3)5(4-8)6(9)10;1-2-4-3;2*1-2;;/h6,9H,5H2,1-4H3;5,8H,4H2,1-3H3,(H,9,10);3H,2H2,1H3;1-2H2;;;1H2/q;;;;;+1;/p-1. The van der Waals surface area contributed by atoms with Crippen LogP contribution in [0.1, 0.15) is 48.5 Å². The maximum Gasteiger partial charge on any atom is 1.00 e. The quantitative estimate of drug-likeness (QED) is 0.127. The topological polar surface area (TPSA) is 164 Å². The number of carboxylic acids is 1. The smallest absolute Gasteiger partial charge is 0.870 e. The Balaban J connectivity index is -0.0000000532. The van der Waals surface area contributed by atoms with Crippen LogP contribution in [-0.2, 0) is 19.2 Å². The zero-order valence-electron chi connectivity index (χ0n) is 20.7. The number of ether oxygens (including phenoxy) is 1. The molecule has 0 amide bonds. The van der Waals surface area contributed by atoms with Crippen molar-refractivity contribution in [1.29, 1.82) is 0 Å². The van der Waals surface area contributed by atoms with Crippen LogP contribution in [0.2, 0.25) is 0 Å². The number of aliphatic hydroxyl groups excluding tert-OH is 2. The van der Waals surface area contributed by atoms with E-state index in [1.165, 1.54) is 7.11 Å². The molecule has 12 heteroatoms. The average Bonchev–Trinajstić information content (AvgIpc) is 2.64. The van der Waals surface area contributed by atoms with Gasteiger partial charge in [-0.3, -0.25) is 14.8 Å². The number of hydrogen-bond donors (Lipinski definition) is 4. The van der Waals surface area contributed by atoms with E-state index in [0.717, 1.165) is 0 Å². The van der Waals surface area contributed by atoms with Crippen molar-refractivity contribution in [3.05, 3.63) is 13.2 Å². The van der Waals surface area contributed by atoms with E-state index in [1.54, 1.807) is 27.7 Å². The number of carbonyl (C=O) groups is 2. The van der Waals surface area contributed by atoms with Gasteiger partial charge < -0.3 is 25.5 Å². The molecule has 31 heavy (non-hydrogen) atoms. The first-order chi connectivity index (χ1) is 13.2. The van der Waals surface area contributed by atoms with Crippen LogP contribution in [0.25, 0.3) is 0 Å². The fourth-order valence-corrected chi connectivity index (χ4v) is 1.57. The van der Waals surface area contributed by atoms with E-state index in [0.29, 0.717) is 6.61 Å². The fraction of sp³-hybridized carbons (Fsp3) is 0.789. The summed E-state index contributed by atoms with van der Waals surface area (Å²) in [6, 6.07) is 0. The molecule has 0 saturated carbocycles. The summed E-state index contributed by atoms with van der Waals surface area (Å²) >= 11 is 0. The van der Waals surface area contributed by atoms with Crippen molar-refractivity contribution < 1.29 is 96.7 Å². The van der Waals surface area contributed by atoms with Crippen molar-refractivity contribution in [2.75, 3.05) is 26.9 Å². The first-order valence-corrected chi connectivity index (χ1v) is 8.86. The largest absolute Gasteiger partial charge is 1.00 e. The zero-order valence-corrected chi connectivity index (χ0v) is 23.8. The third-order valence-corrected chi connectivity index (χ3v) is 3.37. The molecular weight excluding hydrogens is 433 g/mol. The van der Waals surface area contributed by atoms with Crippen molar-refractivity contribution in [2.24, 2.45) is 22.7 Å². The van der Waals surface area contributed by atoms with Crippen molar-refractivity contribution in [3.8, 4) is 0 Å². The molecule has 0 bridgehead atoms. The molecule has 178 valence electrons. The molecule has 4 radical (unpaired) electrons. The molecule has 0 heterocycles. The van der Waals surface area contributed by atoms with E-state index < -0.39 is 17.8 Å². The molecule has 0 aliphatic rings. The maximum atomic E-state index is 11.0. The Labute approximate surface area is 233 Å². The van der Waals surface area contributed by atoms with Gasteiger partial charge in [-0.15, -0.1) is 13.2 Å². The molecule has 0 fully saturated rings. The first kappa shape index (κ1) is 48.6. The summed E-state index contributed by atoms with van der Waals surface area (Å²) in [6.45, 7) is 18.7.